The van der Waals surface area contributed by atoms with Crippen LogP contribution >= 0.6 is 0 Å². The number of aliphatic carboxylic acids is 1. The molecule has 1 aliphatic carbocycles. The number of nitrogens with zero attached hydrogens (tertiary/aromatic N) is 1. The molecular weight excluding hydrogens is 496 g/mol. The van der Waals surface area contributed by atoms with Crippen molar-refractivity contribution < 1.29 is 18.7 Å². The Labute approximate surface area is 227 Å². The van der Waals surface area contributed by atoms with Crippen LogP contribution in [-0.4, -0.2) is 29.9 Å². The number of anilines is 1. The highest BCUT2D eigenvalue weighted by Crippen LogP contribution is 2.44. The predicted molar refractivity (Wildman–Crippen MR) is 151 cm³/mol. The average molecular weight is 528 g/mol. The molecule has 7 heteroatoms. The van der Waals surface area contributed by atoms with Gasteiger partial charge in [0.1, 0.15) is 0 Å². The number of fused-ring (bicyclic) bond motifs is 1. The fraction of sp³-hybridized carbons (Fsp3) is 0.250. The van der Waals surface area contributed by atoms with Gasteiger partial charge in [0, 0.05) is 35.8 Å². The summed E-state index contributed by atoms with van der Waals surface area (Å²) in [6.07, 6.45) is 8.22. The van der Waals surface area contributed by atoms with Gasteiger partial charge in [0.25, 0.3) is 0 Å². The summed E-state index contributed by atoms with van der Waals surface area (Å²) in [5, 5.41) is 18.7. The van der Waals surface area contributed by atoms with Crippen molar-refractivity contribution in [3.63, 3.8) is 0 Å². The molecule has 5 rings (SSSR count). The van der Waals surface area contributed by atoms with E-state index in [1.54, 1.807) is 6.08 Å². The van der Waals surface area contributed by atoms with E-state index in [0.29, 0.717) is 17.1 Å². The number of benzene rings is 3. The molecule has 200 valence electrons. The highest BCUT2D eigenvalue weighted by molar-refractivity contribution is 6.08. The molecule has 1 heterocycles. The van der Waals surface area contributed by atoms with E-state index in [9.17, 15) is 13.6 Å². The molecule has 1 saturated carbocycles. The second kappa shape index (κ2) is 11.2. The zero-order valence-electron chi connectivity index (χ0n) is 21.6. The number of allylic oxidation sites excluding steroid dienone is 1. The molecule has 0 saturated heterocycles. The number of carbonyl (C=O) groups is 1. The molecule has 0 bridgehead atoms. The minimum absolute atomic E-state index is 0.103. The lowest BCUT2D eigenvalue weighted by Crippen LogP contribution is -2.43. The van der Waals surface area contributed by atoms with E-state index in [2.05, 4.69) is 36.1 Å². The summed E-state index contributed by atoms with van der Waals surface area (Å²) in [4.78, 5) is 13.4. The largest absolute Gasteiger partial charge is 0.478 e. The number of rotatable bonds is 9. The monoisotopic (exact) mass is 527 g/mol. The van der Waals surface area contributed by atoms with Crippen LogP contribution in [-0.2, 0) is 11.2 Å². The number of hydrogen-bond acceptors (Lipinski definition) is 4. The summed E-state index contributed by atoms with van der Waals surface area (Å²) in [5.41, 5.74) is 7.68. The Morgan fingerprint density at radius 2 is 1.74 bits per heavy atom. The van der Waals surface area contributed by atoms with Gasteiger partial charge in [-0.05, 0) is 83.7 Å². The van der Waals surface area contributed by atoms with Crippen LogP contribution in [0.5, 0.6) is 0 Å². The summed E-state index contributed by atoms with van der Waals surface area (Å²) < 4.78 is 25.5. The molecule has 0 radical (unpaired) electrons. The molecule has 3 aromatic carbocycles. The Morgan fingerprint density at radius 3 is 2.36 bits per heavy atom. The molecule has 2 aliphatic rings. The Hall–Kier alpha value is -4.26. The molecule has 0 amide bonds. The number of nitrogens with one attached hydrogen (secondary N) is 2. The van der Waals surface area contributed by atoms with Gasteiger partial charge in [-0.3, -0.25) is 0 Å². The summed E-state index contributed by atoms with van der Waals surface area (Å²) in [6, 6.07) is 22.7. The fourth-order valence-electron chi connectivity index (χ4n) is 5.45. The minimum Gasteiger partial charge on any atom is -0.478 e. The normalized spacial score (nSPS) is 19.3. The van der Waals surface area contributed by atoms with Gasteiger partial charge in [0.15, 0.2) is 0 Å². The van der Waals surface area contributed by atoms with Gasteiger partial charge >= 0.3 is 12.5 Å². The van der Waals surface area contributed by atoms with Crippen molar-refractivity contribution in [3.8, 4) is 0 Å². The number of hydrogen-bond donors (Lipinski definition) is 3. The van der Waals surface area contributed by atoms with Gasteiger partial charge in [-0.2, -0.15) is 8.78 Å². The van der Waals surface area contributed by atoms with Gasteiger partial charge in [-0.25, -0.2) is 4.79 Å². The maximum Gasteiger partial charge on any atom is 0.328 e. The number of carboxylic acids is 1. The SMILES string of the molecule is CC1Cc2cc(/C(C=N)=C/NC(F)F)ccc2C(c2ccc(/C=C/C(=O)O)cc2)N1c1ccc(C2CC2)cc1. The lowest BCUT2D eigenvalue weighted by molar-refractivity contribution is -0.131. The number of carboxylic acid groups (broad SMARTS) is 1. The Morgan fingerprint density at radius 1 is 1.05 bits per heavy atom. The molecule has 39 heavy (non-hydrogen) atoms. The zero-order valence-corrected chi connectivity index (χ0v) is 21.6. The summed E-state index contributed by atoms with van der Waals surface area (Å²) in [5.74, 6) is -0.317. The number of alkyl halides is 2. The molecule has 2 unspecified atom stereocenters. The fourth-order valence-corrected chi connectivity index (χ4v) is 5.45. The highest BCUT2D eigenvalue weighted by atomic mass is 19.3. The zero-order chi connectivity index (χ0) is 27.5. The molecular formula is C32H31F2N3O2. The Bertz CT molecular complexity index is 1410. The maximum absolute atomic E-state index is 12.7. The maximum atomic E-state index is 12.7. The predicted octanol–water partition coefficient (Wildman–Crippen LogP) is 7.01. The lowest BCUT2D eigenvalue weighted by atomic mass is 9.83. The summed E-state index contributed by atoms with van der Waals surface area (Å²) in [6.45, 7) is -0.511. The molecule has 2 atom stereocenters. The van der Waals surface area contributed by atoms with E-state index in [0.717, 1.165) is 46.7 Å². The van der Waals surface area contributed by atoms with Crippen LogP contribution < -0.4 is 10.2 Å². The van der Waals surface area contributed by atoms with E-state index in [1.807, 2.05) is 47.8 Å². The van der Waals surface area contributed by atoms with E-state index in [1.165, 1.54) is 24.6 Å². The van der Waals surface area contributed by atoms with Crippen molar-refractivity contribution in [1.29, 1.82) is 5.41 Å². The second-order valence-corrected chi connectivity index (χ2v) is 10.2. The third-order valence-electron chi connectivity index (χ3n) is 7.47. The van der Waals surface area contributed by atoms with Gasteiger partial charge in [-0.1, -0.05) is 54.6 Å². The molecule has 0 aromatic heterocycles. The van der Waals surface area contributed by atoms with E-state index in [-0.39, 0.29) is 12.1 Å². The lowest BCUT2D eigenvalue weighted by Gasteiger charge is -2.44. The summed E-state index contributed by atoms with van der Waals surface area (Å²) in [7, 11) is 0. The van der Waals surface area contributed by atoms with Crippen molar-refractivity contribution in [2.75, 3.05) is 4.90 Å². The minimum atomic E-state index is -2.70. The van der Waals surface area contributed by atoms with Crippen LogP contribution in [0.3, 0.4) is 0 Å². The molecule has 3 aromatic rings. The molecule has 3 N–H and O–H groups in total. The standard InChI is InChI=1S/C32H31F2N3O2/c1-20-16-26-17-25(27(18-35)19-36-32(33)34)11-14-29(26)31(24-5-2-21(3-6-24)4-15-30(38)39)37(20)28-12-9-23(10-13-28)22-7-8-22/h2-6,9-15,17-20,22,31-32,35-36H,7-8,16H2,1H3,(H,38,39)/b15-4+,27-19+,35-18?. The quantitative estimate of drug-likeness (QED) is 0.159. The first-order valence-electron chi connectivity index (χ1n) is 13.1. The highest BCUT2D eigenvalue weighted by Gasteiger charge is 2.34. The topological polar surface area (TPSA) is 76.4 Å². The third kappa shape index (κ3) is 5.93. The van der Waals surface area contributed by atoms with E-state index < -0.39 is 12.5 Å². The van der Waals surface area contributed by atoms with Crippen molar-refractivity contribution >= 4 is 29.5 Å². The van der Waals surface area contributed by atoms with Gasteiger partial charge in [-0.15, -0.1) is 0 Å². The second-order valence-electron chi connectivity index (χ2n) is 10.2. The Kier molecular flexibility index (Phi) is 7.59. The molecule has 0 spiro atoms. The van der Waals surface area contributed by atoms with Crippen molar-refractivity contribution in [2.24, 2.45) is 0 Å². The van der Waals surface area contributed by atoms with Gasteiger partial charge in [0.2, 0.25) is 0 Å². The third-order valence-corrected chi connectivity index (χ3v) is 7.47. The van der Waals surface area contributed by atoms with Crippen molar-refractivity contribution in [3.05, 3.63) is 112 Å². The first kappa shape index (κ1) is 26.4. The van der Waals surface area contributed by atoms with Crippen LogP contribution in [0.2, 0.25) is 0 Å². The van der Waals surface area contributed by atoms with Crippen LogP contribution in [0, 0.1) is 5.41 Å². The molecule has 1 aliphatic heterocycles. The van der Waals surface area contributed by atoms with Gasteiger partial charge < -0.3 is 20.7 Å². The summed E-state index contributed by atoms with van der Waals surface area (Å²) >= 11 is 0. The average Bonchev–Trinajstić information content (AvgIpc) is 3.77. The smallest absolute Gasteiger partial charge is 0.328 e. The number of halogens is 2. The van der Waals surface area contributed by atoms with Crippen molar-refractivity contribution in [2.45, 2.75) is 50.7 Å². The molecule has 5 nitrogen and oxygen atoms in total. The molecule has 1 fully saturated rings. The first-order valence-corrected chi connectivity index (χ1v) is 13.1. The van der Waals surface area contributed by atoms with E-state index >= 15 is 0 Å². The van der Waals surface area contributed by atoms with Crippen LogP contribution in [0.25, 0.3) is 11.6 Å². The van der Waals surface area contributed by atoms with E-state index in [4.69, 9.17) is 10.5 Å². The Balaban J connectivity index is 1.56. The van der Waals surface area contributed by atoms with Crippen LogP contribution in [0.1, 0.15) is 65.1 Å². The van der Waals surface area contributed by atoms with Crippen molar-refractivity contribution in [1.82, 2.24) is 5.32 Å². The first-order chi connectivity index (χ1) is 18.8. The van der Waals surface area contributed by atoms with Crippen LogP contribution in [0.4, 0.5) is 14.5 Å². The van der Waals surface area contributed by atoms with Gasteiger partial charge in [0.05, 0.1) is 6.04 Å². The van der Waals surface area contributed by atoms with Crippen LogP contribution in [0.15, 0.2) is 79.0 Å².